The minimum atomic E-state index is -1.03. The Balaban J connectivity index is 1.50. The molecule has 188 valence electrons. The Hall–Kier alpha value is -2.83. The number of rotatable bonds is 13. The SMILES string of the molecule is CCCCCCSc1ccc(C(=O)c2ccc(N(CC3CC3)c3ccc(Cl)cc3)cn2)cc1C(=O)O. The topological polar surface area (TPSA) is 70.5 Å². The fourth-order valence-electron chi connectivity index (χ4n) is 4.04. The molecule has 1 fully saturated rings. The van der Waals surface area contributed by atoms with Crippen LogP contribution in [0.2, 0.25) is 5.02 Å². The molecule has 0 atom stereocenters. The minimum absolute atomic E-state index is 0.163. The van der Waals surface area contributed by atoms with E-state index >= 15 is 0 Å². The highest BCUT2D eigenvalue weighted by Crippen LogP contribution is 2.35. The van der Waals surface area contributed by atoms with Crippen molar-refractivity contribution in [2.75, 3.05) is 17.2 Å². The third-order valence-corrected chi connectivity index (χ3v) is 7.71. The molecule has 1 aromatic heterocycles. The van der Waals surface area contributed by atoms with Gasteiger partial charge in [-0.15, -0.1) is 11.8 Å². The van der Waals surface area contributed by atoms with E-state index in [0.29, 0.717) is 21.4 Å². The average Bonchev–Trinajstić information content (AvgIpc) is 3.72. The lowest BCUT2D eigenvalue weighted by Gasteiger charge is -2.25. The highest BCUT2D eigenvalue weighted by Gasteiger charge is 2.26. The number of thioether (sulfide) groups is 1. The van der Waals surface area contributed by atoms with Crippen molar-refractivity contribution in [1.82, 2.24) is 4.98 Å². The molecule has 1 aliphatic carbocycles. The van der Waals surface area contributed by atoms with E-state index in [0.717, 1.165) is 42.9 Å². The summed E-state index contributed by atoms with van der Waals surface area (Å²) in [7, 11) is 0. The van der Waals surface area contributed by atoms with Gasteiger partial charge in [0.2, 0.25) is 5.78 Å². The second-order valence-electron chi connectivity index (χ2n) is 9.19. The number of benzene rings is 2. The van der Waals surface area contributed by atoms with Crippen LogP contribution < -0.4 is 4.90 Å². The Labute approximate surface area is 221 Å². The van der Waals surface area contributed by atoms with Gasteiger partial charge in [0.05, 0.1) is 17.4 Å². The van der Waals surface area contributed by atoms with E-state index in [1.807, 2.05) is 30.3 Å². The average molecular weight is 523 g/mol. The van der Waals surface area contributed by atoms with Gasteiger partial charge in [-0.25, -0.2) is 4.79 Å². The summed E-state index contributed by atoms with van der Waals surface area (Å²) in [6.45, 7) is 3.05. The fraction of sp³-hybridized carbons (Fsp3) is 0.345. The summed E-state index contributed by atoms with van der Waals surface area (Å²) < 4.78 is 0. The summed E-state index contributed by atoms with van der Waals surface area (Å²) in [5.41, 5.74) is 2.72. The van der Waals surface area contributed by atoms with E-state index < -0.39 is 5.97 Å². The number of nitrogens with zero attached hydrogens (tertiary/aromatic N) is 2. The lowest BCUT2D eigenvalue weighted by Crippen LogP contribution is -2.20. The van der Waals surface area contributed by atoms with E-state index in [4.69, 9.17) is 11.6 Å². The van der Waals surface area contributed by atoms with Crippen LogP contribution in [0.15, 0.2) is 65.7 Å². The number of carboxylic acids is 1. The number of carbonyl (C=O) groups excluding carboxylic acids is 1. The monoisotopic (exact) mass is 522 g/mol. The van der Waals surface area contributed by atoms with Crippen LogP contribution >= 0.6 is 23.4 Å². The summed E-state index contributed by atoms with van der Waals surface area (Å²) in [5, 5.41) is 10.4. The zero-order valence-corrected chi connectivity index (χ0v) is 22.0. The van der Waals surface area contributed by atoms with Gasteiger partial charge >= 0.3 is 5.97 Å². The molecule has 0 aliphatic heterocycles. The number of aromatic nitrogens is 1. The van der Waals surface area contributed by atoms with Crippen LogP contribution in [0.4, 0.5) is 11.4 Å². The first-order valence-corrected chi connectivity index (χ1v) is 13.9. The number of carbonyl (C=O) groups is 2. The van der Waals surface area contributed by atoms with E-state index in [-0.39, 0.29) is 17.0 Å². The third kappa shape index (κ3) is 6.89. The van der Waals surface area contributed by atoms with Gasteiger partial charge in [-0.1, -0.05) is 37.8 Å². The number of anilines is 2. The Morgan fingerprint density at radius 2 is 1.78 bits per heavy atom. The molecular formula is C29H31ClN2O3S. The van der Waals surface area contributed by atoms with Crippen LogP contribution in [-0.4, -0.2) is 34.1 Å². The van der Waals surface area contributed by atoms with E-state index in [1.54, 1.807) is 24.4 Å². The largest absolute Gasteiger partial charge is 0.478 e. The van der Waals surface area contributed by atoms with Gasteiger partial charge in [0.25, 0.3) is 0 Å². The molecule has 4 rings (SSSR count). The molecule has 3 aromatic rings. The van der Waals surface area contributed by atoms with Crippen molar-refractivity contribution in [3.63, 3.8) is 0 Å². The number of halogens is 1. The second-order valence-corrected chi connectivity index (χ2v) is 10.8. The molecule has 0 radical (unpaired) electrons. The van der Waals surface area contributed by atoms with Crippen molar-refractivity contribution < 1.29 is 14.7 Å². The first-order chi connectivity index (χ1) is 17.5. The maximum atomic E-state index is 13.2. The molecule has 1 aliphatic rings. The molecule has 5 nitrogen and oxygen atoms in total. The number of ketones is 1. The smallest absolute Gasteiger partial charge is 0.336 e. The quantitative estimate of drug-likeness (QED) is 0.140. The molecule has 36 heavy (non-hydrogen) atoms. The van der Waals surface area contributed by atoms with Crippen molar-refractivity contribution in [2.24, 2.45) is 5.92 Å². The molecule has 0 bridgehead atoms. The number of hydrogen-bond donors (Lipinski definition) is 1. The van der Waals surface area contributed by atoms with Crippen molar-refractivity contribution in [3.8, 4) is 0 Å². The van der Waals surface area contributed by atoms with Gasteiger partial charge in [-0.05, 0) is 85.5 Å². The molecule has 1 saturated carbocycles. The molecule has 0 saturated heterocycles. The molecule has 7 heteroatoms. The molecule has 0 spiro atoms. The van der Waals surface area contributed by atoms with Crippen LogP contribution in [-0.2, 0) is 0 Å². The number of pyridine rings is 1. The maximum absolute atomic E-state index is 13.2. The van der Waals surface area contributed by atoms with Gasteiger partial charge in [-0.2, -0.15) is 0 Å². The van der Waals surface area contributed by atoms with Gasteiger partial charge in [0.1, 0.15) is 5.69 Å². The minimum Gasteiger partial charge on any atom is -0.478 e. The Bertz CT molecular complexity index is 1190. The molecule has 1 heterocycles. The van der Waals surface area contributed by atoms with Gasteiger partial charge in [0.15, 0.2) is 0 Å². The van der Waals surface area contributed by atoms with Crippen LogP contribution in [0, 0.1) is 5.92 Å². The van der Waals surface area contributed by atoms with E-state index in [2.05, 4.69) is 16.8 Å². The number of unbranched alkanes of at least 4 members (excludes halogenated alkanes) is 3. The number of aromatic carboxylic acids is 1. The lowest BCUT2D eigenvalue weighted by molar-refractivity contribution is 0.0693. The summed E-state index contributed by atoms with van der Waals surface area (Å²) in [5.74, 6) is 0.201. The first-order valence-electron chi connectivity index (χ1n) is 12.5. The standard InChI is InChI=1S/C29H31ClN2O3S/c1-2-3-4-5-16-36-27-15-8-21(17-25(27)29(34)35)28(33)26-14-13-24(18-31-26)32(19-20-6-7-20)23-11-9-22(30)10-12-23/h8-15,17-18,20H,2-7,16,19H2,1H3,(H,34,35). The van der Waals surface area contributed by atoms with Crippen LogP contribution in [0.25, 0.3) is 0 Å². The Morgan fingerprint density at radius 1 is 1.03 bits per heavy atom. The molecule has 0 unspecified atom stereocenters. The zero-order valence-electron chi connectivity index (χ0n) is 20.5. The highest BCUT2D eigenvalue weighted by atomic mass is 35.5. The second kappa shape index (κ2) is 12.4. The lowest BCUT2D eigenvalue weighted by atomic mass is 10.0. The van der Waals surface area contributed by atoms with Crippen molar-refractivity contribution in [2.45, 2.75) is 50.3 Å². The van der Waals surface area contributed by atoms with E-state index in [1.165, 1.54) is 37.1 Å². The predicted molar refractivity (Wildman–Crippen MR) is 147 cm³/mol. The Kier molecular flexibility index (Phi) is 9.05. The number of carboxylic acid groups (broad SMARTS) is 1. The molecular weight excluding hydrogens is 492 g/mol. The summed E-state index contributed by atoms with van der Waals surface area (Å²) in [6, 6.07) is 16.2. The summed E-state index contributed by atoms with van der Waals surface area (Å²) in [4.78, 5) is 32.4. The normalized spacial score (nSPS) is 12.9. The fourth-order valence-corrected chi connectivity index (χ4v) is 5.20. The van der Waals surface area contributed by atoms with Crippen molar-refractivity contribution in [3.05, 3.63) is 82.6 Å². The van der Waals surface area contributed by atoms with Gasteiger partial charge in [0, 0.05) is 27.7 Å². The molecule has 0 amide bonds. The van der Waals surface area contributed by atoms with Crippen LogP contribution in [0.5, 0.6) is 0 Å². The van der Waals surface area contributed by atoms with Crippen molar-refractivity contribution in [1.29, 1.82) is 0 Å². The first kappa shape index (κ1) is 26.2. The predicted octanol–water partition coefficient (Wildman–Crippen LogP) is 7.88. The summed E-state index contributed by atoms with van der Waals surface area (Å²) >= 11 is 7.61. The maximum Gasteiger partial charge on any atom is 0.336 e. The van der Waals surface area contributed by atoms with Crippen LogP contribution in [0.1, 0.15) is 71.9 Å². The zero-order chi connectivity index (χ0) is 25.5. The van der Waals surface area contributed by atoms with Crippen molar-refractivity contribution >= 4 is 46.5 Å². The molecule has 1 N–H and O–H groups in total. The van der Waals surface area contributed by atoms with Crippen LogP contribution in [0.3, 0.4) is 0 Å². The highest BCUT2D eigenvalue weighted by molar-refractivity contribution is 7.99. The Morgan fingerprint density at radius 3 is 2.42 bits per heavy atom. The van der Waals surface area contributed by atoms with Gasteiger partial charge < -0.3 is 10.0 Å². The molecule has 2 aromatic carbocycles. The van der Waals surface area contributed by atoms with E-state index in [9.17, 15) is 14.7 Å². The number of hydrogen-bond acceptors (Lipinski definition) is 5. The van der Waals surface area contributed by atoms with Gasteiger partial charge in [-0.3, -0.25) is 9.78 Å². The third-order valence-electron chi connectivity index (χ3n) is 6.30. The summed E-state index contributed by atoms with van der Waals surface area (Å²) in [6.07, 6.45) is 8.67.